The van der Waals surface area contributed by atoms with Gasteiger partial charge in [0.2, 0.25) is 0 Å². The van der Waals surface area contributed by atoms with E-state index >= 15 is 0 Å². The van der Waals surface area contributed by atoms with Gasteiger partial charge in [-0.25, -0.2) is 4.98 Å². The molecule has 0 bridgehead atoms. The van der Waals surface area contributed by atoms with Crippen molar-refractivity contribution in [3.63, 3.8) is 0 Å². The Morgan fingerprint density at radius 2 is 1.90 bits per heavy atom. The van der Waals surface area contributed by atoms with E-state index in [1.165, 1.54) is 63.6 Å². The third-order valence-electron chi connectivity index (χ3n) is 4.96. The minimum atomic E-state index is 0.486. The minimum Gasteiger partial charge on any atom is -0.384 e. The summed E-state index contributed by atoms with van der Waals surface area (Å²) in [5, 5.41) is 0. The maximum atomic E-state index is 6.48. The van der Waals surface area contributed by atoms with Crippen LogP contribution in [0.3, 0.4) is 0 Å². The fraction of sp³-hybridized carbons (Fsp3) is 0.833. The summed E-state index contributed by atoms with van der Waals surface area (Å²) in [6.07, 6.45) is 11.5. The lowest BCUT2D eigenvalue weighted by molar-refractivity contribution is 0.413. The van der Waals surface area contributed by atoms with Crippen LogP contribution >= 0.6 is 0 Å². The zero-order valence-corrected chi connectivity index (χ0v) is 14.2. The Morgan fingerprint density at radius 3 is 2.52 bits per heavy atom. The third-order valence-corrected chi connectivity index (χ3v) is 4.96. The van der Waals surface area contributed by atoms with Crippen LogP contribution in [0, 0.1) is 0 Å². The Labute approximate surface area is 130 Å². The standard InChI is InChI=1S/C18H33N3/c1-4-6-13-21-17(19)16(14(3)10-5-2)20-18(21)15-11-8-7-9-12-15/h14-15H,4-13,19H2,1-3H3. The molecule has 1 heterocycles. The van der Waals surface area contributed by atoms with Gasteiger partial charge in [-0.05, 0) is 25.7 Å². The number of rotatable bonds is 7. The van der Waals surface area contributed by atoms with Crippen molar-refractivity contribution in [2.24, 2.45) is 0 Å². The van der Waals surface area contributed by atoms with E-state index in [2.05, 4.69) is 25.3 Å². The van der Waals surface area contributed by atoms with Crippen molar-refractivity contribution in [2.75, 3.05) is 5.73 Å². The SMILES string of the molecule is CCCCn1c(C2CCCCC2)nc(C(C)CCC)c1N. The van der Waals surface area contributed by atoms with Gasteiger partial charge in [0.05, 0.1) is 5.69 Å². The van der Waals surface area contributed by atoms with E-state index in [1.807, 2.05) is 0 Å². The number of imidazole rings is 1. The lowest BCUT2D eigenvalue weighted by atomic mass is 9.88. The van der Waals surface area contributed by atoms with E-state index in [-0.39, 0.29) is 0 Å². The fourth-order valence-corrected chi connectivity index (χ4v) is 3.66. The Kier molecular flexibility index (Phi) is 6.13. The third kappa shape index (κ3) is 3.81. The van der Waals surface area contributed by atoms with Gasteiger partial charge >= 0.3 is 0 Å². The molecule has 2 rings (SSSR count). The molecule has 120 valence electrons. The lowest BCUT2D eigenvalue weighted by Crippen LogP contribution is -2.14. The summed E-state index contributed by atoms with van der Waals surface area (Å²) in [4.78, 5) is 5.04. The molecule has 1 aliphatic carbocycles. The van der Waals surface area contributed by atoms with Crippen molar-refractivity contribution < 1.29 is 0 Å². The van der Waals surface area contributed by atoms with Crippen LogP contribution in [0.4, 0.5) is 5.82 Å². The summed E-state index contributed by atoms with van der Waals surface area (Å²) < 4.78 is 2.35. The number of hydrogen-bond donors (Lipinski definition) is 1. The second-order valence-corrected chi connectivity index (χ2v) is 6.77. The highest BCUT2D eigenvalue weighted by Crippen LogP contribution is 2.36. The van der Waals surface area contributed by atoms with Crippen LogP contribution in [0.25, 0.3) is 0 Å². The van der Waals surface area contributed by atoms with Gasteiger partial charge in [-0.1, -0.05) is 52.9 Å². The number of unbranched alkanes of at least 4 members (excludes halogenated alkanes) is 1. The van der Waals surface area contributed by atoms with Crippen molar-refractivity contribution in [3.05, 3.63) is 11.5 Å². The van der Waals surface area contributed by atoms with Gasteiger partial charge in [-0.3, -0.25) is 0 Å². The van der Waals surface area contributed by atoms with E-state index in [1.54, 1.807) is 0 Å². The molecule has 2 N–H and O–H groups in total. The largest absolute Gasteiger partial charge is 0.384 e. The molecule has 1 saturated carbocycles. The summed E-state index contributed by atoms with van der Waals surface area (Å²) in [5.74, 6) is 3.37. The highest BCUT2D eigenvalue weighted by Gasteiger charge is 2.25. The second-order valence-electron chi connectivity index (χ2n) is 6.77. The molecule has 0 radical (unpaired) electrons. The predicted molar refractivity (Wildman–Crippen MR) is 90.7 cm³/mol. The average Bonchev–Trinajstić information content (AvgIpc) is 2.83. The molecule has 1 fully saturated rings. The molecule has 21 heavy (non-hydrogen) atoms. The Morgan fingerprint density at radius 1 is 1.19 bits per heavy atom. The van der Waals surface area contributed by atoms with Gasteiger partial charge in [-0.2, -0.15) is 0 Å². The van der Waals surface area contributed by atoms with Crippen LogP contribution in [0.2, 0.25) is 0 Å². The molecule has 1 aliphatic rings. The molecule has 0 saturated heterocycles. The summed E-state index contributed by atoms with van der Waals surface area (Å²) in [7, 11) is 0. The zero-order valence-electron chi connectivity index (χ0n) is 14.2. The molecule has 1 aromatic rings. The first-order valence-corrected chi connectivity index (χ1v) is 9.04. The molecule has 1 atom stereocenters. The van der Waals surface area contributed by atoms with Crippen LogP contribution in [-0.4, -0.2) is 9.55 Å². The van der Waals surface area contributed by atoms with Crippen molar-refractivity contribution in [3.8, 4) is 0 Å². The van der Waals surface area contributed by atoms with Gasteiger partial charge in [0.1, 0.15) is 11.6 Å². The van der Waals surface area contributed by atoms with Crippen molar-refractivity contribution in [2.45, 2.75) is 96.9 Å². The van der Waals surface area contributed by atoms with E-state index in [9.17, 15) is 0 Å². The molecule has 0 aromatic carbocycles. The monoisotopic (exact) mass is 291 g/mol. The van der Waals surface area contributed by atoms with Crippen LogP contribution in [-0.2, 0) is 6.54 Å². The molecule has 0 amide bonds. The number of aromatic nitrogens is 2. The smallest absolute Gasteiger partial charge is 0.127 e. The Balaban J connectivity index is 2.29. The van der Waals surface area contributed by atoms with Gasteiger partial charge in [0, 0.05) is 18.4 Å². The van der Waals surface area contributed by atoms with Crippen LogP contribution < -0.4 is 5.73 Å². The van der Waals surface area contributed by atoms with Crippen LogP contribution in [0.1, 0.15) is 102 Å². The van der Waals surface area contributed by atoms with E-state index in [0.29, 0.717) is 11.8 Å². The summed E-state index contributed by atoms with van der Waals surface area (Å²) in [6.45, 7) is 7.80. The number of nitrogens with two attached hydrogens (primary N) is 1. The molecule has 3 heteroatoms. The number of hydrogen-bond acceptors (Lipinski definition) is 2. The second kappa shape index (κ2) is 7.86. The van der Waals surface area contributed by atoms with Crippen molar-refractivity contribution in [1.29, 1.82) is 0 Å². The first-order valence-electron chi connectivity index (χ1n) is 9.04. The van der Waals surface area contributed by atoms with E-state index < -0.39 is 0 Å². The Hall–Kier alpha value is -0.990. The van der Waals surface area contributed by atoms with Gasteiger partial charge in [0.25, 0.3) is 0 Å². The predicted octanol–water partition coefficient (Wildman–Crippen LogP) is 5.22. The lowest BCUT2D eigenvalue weighted by Gasteiger charge is -2.22. The fourth-order valence-electron chi connectivity index (χ4n) is 3.66. The van der Waals surface area contributed by atoms with Crippen LogP contribution in [0.5, 0.6) is 0 Å². The molecule has 1 aromatic heterocycles. The van der Waals surface area contributed by atoms with Crippen LogP contribution in [0.15, 0.2) is 0 Å². The molecule has 1 unspecified atom stereocenters. The molecule has 3 nitrogen and oxygen atoms in total. The summed E-state index contributed by atoms with van der Waals surface area (Å²) in [6, 6.07) is 0. The highest BCUT2D eigenvalue weighted by atomic mass is 15.1. The number of nitrogens with zero attached hydrogens (tertiary/aromatic N) is 2. The first-order chi connectivity index (χ1) is 10.2. The van der Waals surface area contributed by atoms with Crippen molar-refractivity contribution >= 4 is 5.82 Å². The van der Waals surface area contributed by atoms with Gasteiger partial charge < -0.3 is 10.3 Å². The van der Waals surface area contributed by atoms with E-state index in [0.717, 1.165) is 18.1 Å². The average molecular weight is 291 g/mol. The highest BCUT2D eigenvalue weighted by molar-refractivity contribution is 5.41. The maximum Gasteiger partial charge on any atom is 0.127 e. The summed E-state index contributed by atoms with van der Waals surface area (Å²) >= 11 is 0. The van der Waals surface area contributed by atoms with E-state index in [4.69, 9.17) is 10.7 Å². The number of nitrogen functional groups attached to an aromatic ring is 1. The molecule has 0 aliphatic heterocycles. The topological polar surface area (TPSA) is 43.8 Å². The van der Waals surface area contributed by atoms with Crippen molar-refractivity contribution in [1.82, 2.24) is 9.55 Å². The minimum absolute atomic E-state index is 0.486. The van der Waals surface area contributed by atoms with Gasteiger partial charge in [0.15, 0.2) is 0 Å². The maximum absolute atomic E-state index is 6.48. The molecule has 0 spiro atoms. The molecular formula is C18H33N3. The van der Waals surface area contributed by atoms with Gasteiger partial charge in [-0.15, -0.1) is 0 Å². The quantitative estimate of drug-likeness (QED) is 0.748. The normalized spacial score (nSPS) is 18.0. The zero-order chi connectivity index (χ0) is 15.2. The molecular weight excluding hydrogens is 258 g/mol. The summed E-state index contributed by atoms with van der Waals surface area (Å²) in [5.41, 5.74) is 7.64. The number of anilines is 1. The first kappa shape index (κ1) is 16.4. The Bertz CT molecular complexity index is 430.